The van der Waals surface area contributed by atoms with Crippen molar-refractivity contribution < 1.29 is 4.39 Å². The molecule has 0 spiro atoms. The highest BCUT2D eigenvalue weighted by molar-refractivity contribution is 5.26. The number of piperazine rings is 1. The summed E-state index contributed by atoms with van der Waals surface area (Å²) in [6.45, 7) is 8.84. The van der Waals surface area contributed by atoms with Crippen LogP contribution in [0.4, 0.5) is 4.39 Å². The molecule has 0 saturated carbocycles. The van der Waals surface area contributed by atoms with Crippen molar-refractivity contribution in [1.82, 2.24) is 30.0 Å². The molecule has 4 rings (SSSR count). The lowest BCUT2D eigenvalue weighted by atomic mass is 10.0. The Kier molecular flexibility index (Phi) is 5.97. The molecule has 1 aliphatic heterocycles. The molecule has 0 aliphatic carbocycles. The van der Waals surface area contributed by atoms with Crippen molar-refractivity contribution in [2.24, 2.45) is 0 Å². The van der Waals surface area contributed by atoms with Crippen LogP contribution in [-0.2, 0) is 6.54 Å². The monoisotopic (exact) mass is 394 g/mol. The van der Waals surface area contributed by atoms with Crippen molar-refractivity contribution in [3.63, 3.8) is 0 Å². The molecule has 1 aromatic heterocycles. The van der Waals surface area contributed by atoms with Crippen LogP contribution in [-0.4, -0.2) is 56.2 Å². The molecular formula is C22H27FN6. The van der Waals surface area contributed by atoms with Crippen LogP contribution < -0.4 is 0 Å². The molecular weight excluding hydrogens is 367 g/mol. The van der Waals surface area contributed by atoms with E-state index in [1.165, 1.54) is 17.7 Å². The zero-order valence-electron chi connectivity index (χ0n) is 16.9. The summed E-state index contributed by atoms with van der Waals surface area (Å²) < 4.78 is 15.4. The maximum atomic E-state index is 13.5. The zero-order chi connectivity index (χ0) is 20.2. The van der Waals surface area contributed by atoms with Gasteiger partial charge in [0, 0.05) is 32.7 Å². The summed E-state index contributed by atoms with van der Waals surface area (Å²) in [4.78, 5) is 4.87. The Balaban J connectivity index is 1.54. The summed E-state index contributed by atoms with van der Waals surface area (Å²) in [5, 5.41) is 12.5. The van der Waals surface area contributed by atoms with Crippen molar-refractivity contribution in [2.75, 3.05) is 26.2 Å². The van der Waals surface area contributed by atoms with Gasteiger partial charge in [0.2, 0.25) is 0 Å². The van der Waals surface area contributed by atoms with Crippen LogP contribution in [0.15, 0.2) is 54.6 Å². The van der Waals surface area contributed by atoms with E-state index < -0.39 is 0 Å². The van der Waals surface area contributed by atoms with E-state index in [1.807, 2.05) is 22.9 Å². The SMILES string of the molecule is CC(C)n1nnnc1C(c1ccc(F)cc1)N1CCN(Cc2ccccc2)CC1. The lowest BCUT2D eigenvalue weighted by molar-refractivity contribution is 0.0996. The maximum absolute atomic E-state index is 13.5. The van der Waals surface area contributed by atoms with E-state index in [0.29, 0.717) is 0 Å². The molecule has 1 atom stereocenters. The summed E-state index contributed by atoms with van der Waals surface area (Å²) in [7, 11) is 0. The zero-order valence-corrected chi connectivity index (χ0v) is 16.9. The molecule has 6 nitrogen and oxygen atoms in total. The Bertz CT molecular complexity index is 901. The van der Waals surface area contributed by atoms with Crippen molar-refractivity contribution in [1.29, 1.82) is 0 Å². The van der Waals surface area contributed by atoms with E-state index in [2.05, 4.69) is 63.4 Å². The topological polar surface area (TPSA) is 50.1 Å². The van der Waals surface area contributed by atoms with E-state index in [0.717, 1.165) is 44.1 Å². The van der Waals surface area contributed by atoms with Gasteiger partial charge in [0.05, 0.1) is 12.1 Å². The average molecular weight is 394 g/mol. The second-order valence-electron chi connectivity index (χ2n) is 7.83. The molecule has 1 saturated heterocycles. The third kappa shape index (κ3) is 4.52. The Morgan fingerprint density at radius 1 is 0.931 bits per heavy atom. The molecule has 152 valence electrons. The van der Waals surface area contributed by atoms with Crippen LogP contribution in [0.25, 0.3) is 0 Å². The number of halogens is 1. The Hall–Kier alpha value is -2.64. The molecule has 0 radical (unpaired) electrons. The number of nitrogens with zero attached hydrogens (tertiary/aromatic N) is 6. The minimum Gasteiger partial charge on any atom is -0.297 e. The number of aromatic nitrogens is 4. The van der Waals surface area contributed by atoms with E-state index in [9.17, 15) is 4.39 Å². The molecule has 1 fully saturated rings. The van der Waals surface area contributed by atoms with Gasteiger partial charge < -0.3 is 0 Å². The normalized spacial score (nSPS) is 17.0. The summed E-state index contributed by atoms with van der Waals surface area (Å²) in [5.74, 6) is 0.576. The van der Waals surface area contributed by atoms with Gasteiger partial charge in [-0.05, 0) is 47.5 Å². The number of hydrogen-bond donors (Lipinski definition) is 0. The van der Waals surface area contributed by atoms with Crippen LogP contribution in [0.3, 0.4) is 0 Å². The second-order valence-corrected chi connectivity index (χ2v) is 7.83. The number of benzene rings is 2. The van der Waals surface area contributed by atoms with E-state index in [1.54, 1.807) is 0 Å². The Morgan fingerprint density at radius 2 is 1.62 bits per heavy atom. The van der Waals surface area contributed by atoms with Crippen molar-refractivity contribution >= 4 is 0 Å². The third-order valence-electron chi connectivity index (χ3n) is 5.46. The maximum Gasteiger partial charge on any atom is 0.173 e. The highest BCUT2D eigenvalue weighted by Crippen LogP contribution is 2.29. The van der Waals surface area contributed by atoms with Gasteiger partial charge in [0.1, 0.15) is 5.82 Å². The van der Waals surface area contributed by atoms with Gasteiger partial charge in [-0.1, -0.05) is 42.5 Å². The first-order valence-electron chi connectivity index (χ1n) is 10.2. The first-order valence-corrected chi connectivity index (χ1v) is 10.2. The highest BCUT2D eigenvalue weighted by atomic mass is 19.1. The van der Waals surface area contributed by atoms with Crippen LogP contribution in [0.1, 0.15) is 42.9 Å². The summed E-state index contributed by atoms with van der Waals surface area (Å²) in [6, 6.07) is 17.3. The van der Waals surface area contributed by atoms with Crippen molar-refractivity contribution in [3.8, 4) is 0 Å². The predicted molar refractivity (Wildman–Crippen MR) is 110 cm³/mol. The molecule has 2 heterocycles. The summed E-state index contributed by atoms with van der Waals surface area (Å²) in [5.41, 5.74) is 2.35. The van der Waals surface area contributed by atoms with Crippen LogP contribution in [0.5, 0.6) is 0 Å². The first-order chi connectivity index (χ1) is 14.1. The van der Waals surface area contributed by atoms with Gasteiger partial charge in [0.25, 0.3) is 0 Å². The van der Waals surface area contributed by atoms with Gasteiger partial charge >= 0.3 is 0 Å². The standard InChI is InChI=1S/C22H27FN6/c1-17(2)29-22(24-25-26-29)21(19-8-10-20(23)11-9-19)28-14-12-27(13-15-28)16-18-6-4-3-5-7-18/h3-11,17,21H,12-16H2,1-2H3. The molecule has 2 aromatic carbocycles. The van der Waals surface area contributed by atoms with Crippen LogP contribution in [0, 0.1) is 5.82 Å². The minimum atomic E-state index is -0.233. The molecule has 29 heavy (non-hydrogen) atoms. The van der Waals surface area contributed by atoms with Crippen molar-refractivity contribution in [3.05, 3.63) is 77.4 Å². The molecule has 1 unspecified atom stereocenters. The molecule has 0 N–H and O–H groups in total. The van der Waals surface area contributed by atoms with E-state index in [-0.39, 0.29) is 17.9 Å². The molecule has 7 heteroatoms. The predicted octanol–water partition coefficient (Wildman–Crippen LogP) is 3.30. The van der Waals surface area contributed by atoms with Crippen molar-refractivity contribution in [2.45, 2.75) is 32.5 Å². The molecule has 3 aromatic rings. The molecule has 0 amide bonds. The van der Waals surface area contributed by atoms with E-state index in [4.69, 9.17) is 0 Å². The number of hydrogen-bond acceptors (Lipinski definition) is 5. The molecule has 1 aliphatic rings. The lowest BCUT2D eigenvalue weighted by Crippen LogP contribution is -2.48. The fourth-order valence-electron chi connectivity index (χ4n) is 3.94. The Morgan fingerprint density at radius 3 is 2.28 bits per heavy atom. The van der Waals surface area contributed by atoms with Crippen LogP contribution >= 0.6 is 0 Å². The number of rotatable bonds is 6. The summed E-state index contributed by atoms with van der Waals surface area (Å²) in [6.07, 6.45) is 0. The highest BCUT2D eigenvalue weighted by Gasteiger charge is 2.31. The summed E-state index contributed by atoms with van der Waals surface area (Å²) >= 11 is 0. The lowest BCUT2D eigenvalue weighted by Gasteiger charge is -2.39. The van der Waals surface area contributed by atoms with Gasteiger partial charge in [-0.25, -0.2) is 9.07 Å². The second kappa shape index (κ2) is 8.80. The largest absolute Gasteiger partial charge is 0.297 e. The van der Waals surface area contributed by atoms with Gasteiger partial charge in [0.15, 0.2) is 5.82 Å². The fraction of sp³-hybridized carbons (Fsp3) is 0.409. The quantitative estimate of drug-likeness (QED) is 0.642. The van der Waals surface area contributed by atoms with Gasteiger partial charge in [-0.3, -0.25) is 9.80 Å². The number of tetrazole rings is 1. The van der Waals surface area contributed by atoms with Gasteiger partial charge in [-0.2, -0.15) is 0 Å². The fourth-order valence-corrected chi connectivity index (χ4v) is 3.94. The molecule has 0 bridgehead atoms. The minimum absolute atomic E-state index is 0.0909. The first kappa shape index (κ1) is 19.7. The smallest absolute Gasteiger partial charge is 0.173 e. The van der Waals surface area contributed by atoms with Crippen LogP contribution in [0.2, 0.25) is 0 Å². The van der Waals surface area contributed by atoms with Gasteiger partial charge in [-0.15, -0.1) is 5.10 Å². The van der Waals surface area contributed by atoms with E-state index >= 15 is 0 Å². The average Bonchev–Trinajstić information content (AvgIpc) is 3.21. The Labute approximate surface area is 170 Å². The third-order valence-corrected chi connectivity index (χ3v) is 5.46.